The van der Waals surface area contributed by atoms with Gasteiger partial charge in [-0.1, -0.05) is 60.7 Å². The highest BCUT2D eigenvalue weighted by Crippen LogP contribution is 2.35. The Balaban J connectivity index is 1.93. The number of hydroxylamine groups is 2. The summed E-state index contributed by atoms with van der Waals surface area (Å²) >= 11 is 0. The summed E-state index contributed by atoms with van der Waals surface area (Å²) in [6, 6.07) is 20.9. The van der Waals surface area contributed by atoms with Crippen LogP contribution in [0.2, 0.25) is 0 Å². The van der Waals surface area contributed by atoms with Crippen LogP contribution in [0.25, 0.3) is 5.76 Å². The van der Waals surface area contributed by atoms with Crippen molar-refractivity contribution in [2.45, 2.75) is 13.0 Å². The van der Waals surface area contributed by atoms with Gasteiger partial charge in [0, 0.05) is 12.1 Å². The van der Waals surface area contributed by atoms with Gasteiger partial charge in [-0.3, -0.25) is 0 Å². The molecule has 19 heavy (non-hydrogen) atoms. The first kappa shape index (κ1) is 12.0. The molecule has 2 nitrogen and oxygen atoms in total. The van der Waals surface area contributed by atoms with Crippen molar-refractivity contribution in [3.63, 3.8) is 0 Å². The first-order valence-corrected chi connectivity index (χ1v) is 6.65. The monoisotopic (exact) mass is 251 g/mol. The van der Waals surface area contributed by atoms with Crippen molar-refractivity contribution in [3.8, 4) is 0 Å². The quantitative estimate of drug-likeness (QED) is 0.816. The summed E-state index contributed by atoms with van der Waals surface area (Å²) in [5.41, 5.74) is 2.38. The van der Waals surface area contributed by atoms with Gasteiger partial charge in [-0.25, -0.2) is 0 Å². The Morgan fingerprint density at radius 3 is 2.21 bits per heavy atom. The minimum absolute atomic E-state index is 0.196. The molecule has 0 aromatic heterocycles. The van der Waals surface area contributed by atoms with E-state index in [2.05, 4.69) is 49.4 Å². The highest BCUT2D eigenvalue weighted by Gasteiger charge is 2.27. The Morgan fingerprint density at radius 2 is 1.58 bits per heavy atom. The van der Waals surface area contributed by atoms with Gasteiger partial charge in [0.2, 0.25) is 0 Å². The van der Waals surface area contributed by atoms with E-state index in [0.717, 1.165) is 17.9 Å². The van der Waals surface area contributed by atoms with E-state index >= 15 is 0 Å². The Morgan fingerprint density at radius 1 is 0.947 bits per heavy atom. The average molecular weight is 251 g/mol. The summed E-state index contributed by atoms with van der Waals surface area (Å²) in [6.07, 6.45) is 2.19. The Kier molecular flexibility index (Phi) is 3.34. The van der Waals surface area contributed by atoms with Gasteiger partial charge in [-0.15, -0.1) is 5.06 Å². The van der Waals surface area contributed by atoms with E-state index in [9.17, 15) is 0 Å². The average Bonchev–Trinajstić information content (AvgIpc) is 2.93. The lowest BCUT2D eigenvalue weighted by Gasteiger charge is -2.21. The predicted molar refractivity (Wildman–Crippen MR) is 77.1 cm³/mol. The molecule has 0 saturated heterocycles. The van der Waals surface area contributed by atoms with Gasteiger partial charge < -0.3 is 4.84 Å². The van der Waals surface area contributed by atoms with Gasteiger partial charge >= 0.3 is 0 Å². The van der Waals surface area contributed by atoms with Crippen LogP contribution < -0.4 is 0 Å². The topological polar surface area (TPSA) is 12.5 Å². The van der Waals surface area contributed by atoms with Crippen LogP contribution in [0.3, 0.4) is 0 Å². The van der Waals surface area contributed by atoms with Crippen LogP contribution in [0.1, 0.15) is 24.1 Å². The van der Waals surface area contributed by atoms with Crippen LogP contribution in [-0.4, -0.2) is 11.6 Å². The zero-order valence-electron chi connectivity index (χ0n) is 11.0. The number of nitrogens with zero attached hydrogens (tertiary/aromatic N) is 1. The molecule has 2 aromatic carbocycles. The molecule has 1 aliphatic rings. The third-order valence-electron chi connectivity index (χ3n) is 3.35. The molecular weight excluding hydrogens is 234 g/mol. The van der Waals surface area contributed by atoms with Crippen LogP contribution >= 0.6 is 0 Å². The van der Waals surface area contributed by atoms with Gasteiger partial charge in [0.05, 0.1) is 6.04 Å². The summed E-state index contributed by atoms with van der Waals surface area (Å²) in [4.78, 5) is 5.96. The van der Waals surface area contributed by atoms with E-state index in [1.54, 1.807) is 0 Å². The molecule has 1 unspecified atom stereocenters. The molecule has 2 heteroatoms. The SMILES string of the molecule is CCN1OC(c2ccccc2)=CC1c1ccccc1. The van der Waals surface area contributed by atoms with Gasteiger partial charge in [-0.05, 0) is 18.6 Å². The van der Waals surface area contributed by atoms with Crippen molar-refractivity contribution in [1.29, 1.82) is 0 Å². The van der Waals surface area contributed by atoms with Crippen molar-refractivity contribution in [1.82, 2.24) is 5.06 Å². The van der Waals surface area contributed by atoms with Crippen molar-refractivity contribution in [2.75, 3.05) is 6.54 Å². The fourth-order valence-corrected chi connectivity index (χ4v) is 2.37. The van der Waals surface area contributed by atoms with Crippen molar-refractivity contribution < 1.29 is 4.84 Å². The van der Waals surface area contributed by atoms with Gasteiger partial charge in [0.25, 0.3) is 0 Å². The largest absolute Gasteiger partial charge is 0.405 e. The molecule has 96 valence electrons. The standard InChI is InChI=1S/C17H17NO/c1-2-18-16(14-9-5-3-6-10-14)13-17(19-18)15-11-7-4-8-12-15/h3-13,16H,2H2,1H3. The zero-order chi connectivity index (χ0) is 13.1. The Hall–Kier alpha value is -2.06. The Bertz CT molecular complexity index is 562. The smallest absolute Gasteiger partial charge is 0.152 e. The molecule has 3 rings (SSSR count). The minimum Gasteiger partial charge on any atom is -0.405 e. The molecule has 1 heterocycles. The number of rotatable bonds is 3. The van der Waals surface area contributed by atoms with E-state index in [0.29, 0.717) is 0 Å². The van der Waals surface area contributed by atoms with Gasteiger partial charge in [-0.2, -0.15) is 0 Å². The number of likely N-dealkylation sites (N-methyl/N-ethyl adjacent to an activating group) is 1. The summed E-state index contributed by atoms with van der Waals surface area (Å²) in [5.74, 6) is 0.941. The second-order valence-electron chi connectivity index (χ2n) is 4.58. The fourth-order valence-electron chi connectivity index (χ4n) is 2.37. The molecule has 0 amide bonds. The second kappa shape index (κ2) is 5.29. The predicted octanol–water partition coefficient (Wildman–Crippen LogP) is 4.04. The van der Waals surface area contributed by atoms with Gasteiger partial charge in [0.1, 0.15) is 0 Å². The van der Waals surface area contributed by atoms with Crippen LogP contribution in [0.5, 0.6) is 0 Å². The third-order valence-corrected chi connectivity index (χ3v) is 3.35. The lowest BCUT2D eigenvalue weighted by atomic mass is 10.1. The summed E-state index contributed by atoms with van der Waals surface area (Å²) in [5, 5.41) is 2.01. The van der Waals surface area contributed by atoms with Crippen LogP contribution in [0.4, 0.5) is 0 Å². The van der Waals surface area contributed by atoms with E-state index < -0.39 is 0 Å². The lowest BCUT2D eigenvalue weighted by molar-refractivity contribution is -0.0876. The van der Waals surface area contributed by atoms with Gasteiger partial charge in [0.15, 0.2) is 5.76 Å². The van der Waals surface area contributed by atoms with E-state index in [1.165, 1.54) is 5.56 Å². The molecule has 0 fully saturated rings. The van der Waals surface area contributed by atoms with E-state index in [4.69, 9.17) is 4.84 Å². The lowest BCUT2D eigenvalue weighted by Crippen LogP contribution is -2.22. The van der Waals surface area contributed by atoms with Crippen LogP contribution in [0.15, 0.2) is 66.7 Å². The molecule has 0 radical (unpaired) electrons. The molecule has 2 aromatic rings. The maximum atomic E-state index is 5.96. The second-order valence-corrected chi connectivity index (χ2v) is 4.58. The van der Waals surface area contributed by atoms with Crippen molar-refractivity contribution in [3.05, 3.63) is 77.9 Å². The molecule has 0 aliphatic carbocycles. The van der Waals surface area contributed by atoms with E-state index in [1.807, 2.05) is 29.3 Å². The number of hydrogen-bond donors (Lipinski definition) is 0. The zero-order valence-corrected chi connectivity index (χ0v) is 11.0. The molecule has 1 aliphatic heterocycles. The summed E-state index contributed by atoms with van der Waals surface area (Å²) < 4.78 is 0. The fraction of sp³-hybridized carbons (Fsp3) is 0.176. The maximum absolute atomic E-state index is 5.96. The number of hydrogen-bond acceptors (Lipinski definition) is 2. The molecule has 0 spiro atoms. The molecule has 1 atom stereocenters. The highest BCUT2D eigenvalue weighted by atomic mass is 16.7. The number of benzene rings is 2. The normalized spacial score (nSPS) is 19.0. The van der Waals surface area contributed by atoms with Crippen molar-refractivity contribution >= 4 is 5.76 Å². The van der Waals surface area contributed by atoms with E-state index in [-0.39, 0.29) is 6.04 Å². The molecule has 0 saturated carbocycles. The summed E-state index contributed by atoms with van der Waals surface area (Å²) in [7, 11) is 0. The molecule has 0 bridgehead atoms. The summed E-state index contributed by atoms with van der Waals surface area (Å²) in [6.45, 7) is 2.96. The third kappa shape index (κ3) is 2.40. The first-order chi connectivity index (χ1) is 9.38. The highest BCUT2D eigenvalue weighted by molar-refractivity contribution is 5.62. The molecular formula is C17H17NO. The maximum Gasteiger partial charge on any atom is 0.152 e. The Labute approximate surface area is 113 Å². The minimum atomic E-state index is 0.196. The van der Waals surface area contributed by atoms with Crippen LogP contribution in [0, 0.1) is 0 Å². The first-order valence-electron chi connectivity index (χ1n) is 6.65. The molecule has 0 N–H and O–H groups in total. The van der Waals surface area contributed by atoms with Crippen LogP contribution in [-0.2, 0) is 4.84 Å². The van der Waals surface area contributed by atoms with Crippen molar-refractivity contribution in [2.24, 2.45) is 0 Å².